The van der Waals surface area contributed by atoms with Crippen LogP contribution >= 0.6 is 0 Å². The molecule has 2 aliphatic rings. The van der Waals surface area contributed by atoms with Crippen LogP contribution in [0.25, 0.3) is 0 Å². The van der Waals surface area contributed by atoms with Crippen molar-refractivity contribution in [2.24, 2.45) is 11.3 Å². The smallest absolute Gasteiger partial charge is 0.136 e. The molecule has 0 radical (unpaired) electrons. The van der Waals surface area contributed by atoms with Crippen LogP contribution in [0.5, 0.6) is 0 Å². The molecule has 0 aromatic heterocycles. The normalized spacial score (nSPS) is 34.4. The van der Waals surface area contributed by atoms with Gasteiger partial charge in [0.15, 0.2) is 0 Å². The lowest BCUT2D eigenvalue weighted by atomic mass is 9.68. The Morgan fingerprint density at radius 1 is 1.17 bits per heavy atom. The van der Waals surface area contributed by atoms with E-state index in [4.69, 9.17) is 0 Å². The molecule has 0 saturated heterocycles. The summed E-state index contributed by atoms with van der Waals surface area (Å²) in [5.41, 5.74) is 0.454. The minimum absolute atomic E-state index is 0.373. The lowest BCUT2D eigenvalue weighted by molar-refractivity contribution is -0.122. The Hall–Kier alpha value is -0.330. The molecule has 1 unspecified atom stereocenters. The van der Waals surface area contributed by atoms with E-state index in [0.29, 0.717) is 17.1 Å². The first-order valence-corrected chi connectivity index (χ1v) is 5.27. The molecule has 68 valence electrons. The van der Waals surface area contributed by atoms with Crippen molar-refractivity contribution >= 4 is 5.78 Å². The lowest BCUT2D eigenvalue weighted by Gasteiger charge is -2.36. The summed E-state index contributed by atoms with van der Waals surface area (Å²) in [7, 11) is 0. The number of Topliss-reactive ketones (excluding diaryl/α,β-unsaturated/α-hetero) is 1. The summed E-state index contributed by atoms with van der Waals surface area (Å²) >= 11 is 0. The molecule has 1 atom stereocenters. The maximum absolute atomic E-state index is 11.4. The van der Waals surface area contributed by atoms with Crippen LogP contribution in [0.3, 0.4) is 0 Å². The molecule has 2 fully saturated rings. The maximum atomic E-state index is 11.4. The molecule has 0 aromatic rings. The average Bonchev–Trinajstić information content (AvgIpc) is 2.37. The molecule has 0 bridgehead atoms. The summed E-state index contributed by atoms with van der Waals surface area (Å²) in [6, 6.07) is 0. The van der Waals surface area contributed by atoms with Gasteiger partial charge in [0.2, 0.25) is 0 Å². The number of ketones is 1. The summed E-state index contributed by atoms with van der Waals surface area (Å²) in [4.78, 5) is 11.4. The number of hydrogen-bond acceptors (Lipinski definition) is 1. The summed E-state index contributed by atoms with van der Waals surface area (Å²) in [6.45, 7) is 2.15. The van der Waals surface area contributed by atoms with E-state index >= 15 is 0 Å². The van der Waals surface area contributed by atoms with E-state index in [0.717, 1.165) is 6.42 Å². The first-order valence-electron chi connectivity index (χ1n) is 5.27. The summed E-state index contributed by atoms with van der Waals surface area (Å²) < 4.78 is 0. The van der Waals surface area contributed by atoms with Gasteiger partial charge >= 0.3 is 0 Å². The molecule has 1 nitrogen and oxygen atoms in total. The second-order valence-electron chi connectivity index (χ2n) is 4.61. The van der Waals surface area contributed by atoms with E-state index in [1.54, 1.807) is 0 Å². The quantitative estimate of drug-likeness (QED) is 0.540. The van der Waals surface area contributed by atoms with Crippen molar-refractivity contribution in [3.63, 3.8) is 0 Å². The van der Waals surface area contributed by atoms with Crippen LogP contribution in [0.15, 0.2) is 0 Å². The lowest BCUT2D eigenvalue weighted by Crippen LogP contribution is -2.28. The van der Waals surface area contributed by atoms with Gasteiger partial charge in [-0.15, -0.1) is 0 Å². The number of carbonyl (C=O) groups excluding carboxylic acids is 1. The van der Waals surface area contributed by atoms with Gasteiger partial charge in [0.1, 0.15) is 5.78 Å². The molecule has 0 aliphatic heterocycles. The van der Waals surface area contributed by atoms with Crippen LogP contribution in [0, 0.1) is 11.3 Å². The van der Waals surface area contributed by atoms with E-state index in [-0.39, 0.29) is 0 Å². The Morgan fingerprint density at radius 2 is 1.83 bits per heavy atom. The molecule has 0 N–H and O–H groups in total. The maximum Gasteiger partial charge on any atom is 0.136 e. The van der Waals surface area contributed by atoms with E-state index < -0.39 is 0 Å². The Kier molecular flexibility index (Phi) is 1.97. The molecule has 0 amide bonds. The van der Waals surface area contributed by atoms with Crippen molar-refractivity contribution in [1.82, 2.24) is 0 Å². The fraction of sp³-hybridized carbons (Fsp3) is 0.909. The second kappa shape index (κ2) is 2.86. The highest BCUT2D eigenvalue weighted by Crippen LogP contribution is 2.50. The van der Waals surface area contributed by atoms with Gasteiger partial charge in [0.05, 0.1) is 0 Å². The zero-order valence-electron chi connectivity index (χ0n) is 7.94. The van der Waals surface area contributed by atoms with E-state index in [9.17, 15) is 4.79 Å². The molecule has 1 heteroatoms. The molecule has 1 spiro atoms. The Bertz CT molecular complexity index is 189. The monoisotopic (exact) mass is 166 g/mol. The van der Waals surface area contributed by atoms with Crippen molar-refractivity contribution in [3.8, 4) is 0 Å². The Balaban J connectivity index is 2.14. The molecule has 12 heavy (non-hydrogen) atoms. The zero-order chi connectivity index (χ0) is 8.60. The zero-order valence-corrected chi connectivity index (χ0v) is 7.94. The molecule has 0 heterocycles. The van der Waals surface area contributed by atoms with Crippen LogP contribution in [0.1, 0.15) is 51.9 Å². The third-order valence-corrected chi connectivity index (χ3v) is 4.12. The third-order valence-electron chi connectivity index (χ3n) is 4.12. The van der Waals surface area contributed by atoms with Crippen LogP contribution < -0.4 is 0 Å². The second-order valence-corrected chi connectivity index (χ2v) is 4.61. The highest BCUT2D eigenvalue weighted by molar-refractivity contribution is 5.83. The molecule has 2 rings (SSSR count). The van der Waals surface area contributed by atoms with Crippen LogP contribution in [-0.2, 0) is 4.79 Å². The van der Waals surface area contributed by atoms with E-state index in [1.807, 2.05) is 0 Å². The Morgan fingerprint density at radius 3 is 2.33 bits per heavy atom. The third kappa shape index (κ3) is 1.10. The molecular formula is C11H18O. The minimum Gasteiger partial charge on any atom is -0.299 e. The molecule has 2 saturated carbocycles. The standard InChI is InChI=1S/C11H18O/c1-9-10(12)5-8-11(9)6-3-2-4-7-11/h9H,2-8H2,1H3. The van der Waals surface area contributed by atoms with Crippen molar-refractivity contribution in [2.75, 3.05) is 0 Å². The van der Waals surface area contributed by atoms with Gasteiger partial charge in [-0.25, -0.2) is 0 Å². The van der Waals surface area contributed by atoms with Crippen LogP contribution in [-0.4, -0.2) is 5.78 Å². The number of hydrogen-bond donors (Lipinski definition) is 0. The van der Waals surface area contributed by atoms with E-state index in [2.05, 4.69) is 6.92 Å². The largest absolute Gasteiger partial charge is 0.299 e. The van der Waals surface area contributed by atoms with Gasteiger partial charge in [-0.1, -0.05) is 26.2 Å². The number of rotatable bonds is 0. The highest BCUT2D eigenvalue weighted by Gasteiger charge is 2.45. The van der Waals surface area contributed by atoms with Crippen LogP contribution in [0.4, 0.5) is 0 Å². The van der Waals surface area contributed by atoms with Gasteiger partial charge in [-0.2, -0.15) is 0 Å². The van der Waals surface area contributed by atoms with Gasteiger partial charge in [-0.3, -0.25) is 4.79 Å². The van der Waals surface area contributed by atoms with Gasteiger partial charge in [0, 0.05) is 12.3 Å². The first-order chi connectivity index (χ1) is 5.75. The fourth-order valence-corrected chi connectivity index (χ4v) is 3.09. The first kappa shape index (κ1) is 8.28. The highest BCUT2D eigenvalue weighted by atomic mass is 16.1. The summed E-state index contributed by atoms with van der Waals surface area (Å²) in [5.74, 6) is 0.898. The fourth-order valence-electron chi connectivity index (χ4n) is 3.09. The van der Waals surface area contributed by atoms with Gasteiger partial charge < -0.3 is 0 Å². The SMILES string of the molecule is CC1C(=O)CCC12CCCCC2. The van der Waals surface area contributed by atoms with Crippen molar-refractivity contribution in [1.29, 1.82) is 0 Å². The Labute approximate surface area is 74.5 Å². The van der Waals surface area contributed by atoms with Crippen molar-refractivity contribution in [3.05, 3.63) is 0 Å². The molecular weight excluding hydrogens is 148 g/mol. The summed E-state index contributed by atoms with van der Waals surface area (Å²) in [5, 5.41) is 0. The average molecular weight is 166 g/mol. The van der Waals surface area contributed by atoms with Crippen molar-refractivity contribution < 1.29 is 4.79 Å². The molecule has 0 aromatic carbocycles. The summed E-state index contributed by atoms with van der Waals surface area (Å²) in [6.07, 6.45) is 8.80. The predicted octanol–water partition coefficient (Wildman–Crippen LogP) is 2.94. The topological polar surface area (TPSA) is 17.1 Å². The minimum atomic E-state index is 0.373. The predicted molar refractivity (Wildman–Crippen MR) is 48.9 cm³/mol. The van der Waals surface area contributed by atoms with E-state index in [1.165, 1.54) is 38.5 Å². The number of carbonyl (C=O) groups is 1. The van der Waals surface area contributed by atoms with Crippen LogP contribution in [0.2, 0.25) is 0 Å². The van der Waals surface area contributed by atoms with Gasteiger partial charge in [-0.05, 0) is 24.7 Å². The van der Waals surface area contributed by atoms with Crippen molar-refractivity contribution in [2.45, 2.75) is 51.9 Å². The van der Waals surface area contributed by atoms with Gasteiger partial charge in [0.25, 0.3) is 0 Å². The molecule has 2 aliphatic carbocycles.